The van der Waals surface area contributed by atoms with Crippen molar-refractivity contribution in [2.24, 2.45) is 0 Å². The summed E-state index contributed by atoms with van der Waals surface area (Å²) in [6.07, 6.45) is 3.12. The van der Waals surface area contributed by atoms with Crippen LogP contribution in [0.5, 0.6) is 0 Å². The lowest BCUT2D eigenvalue weighted by Crippen LogP contribution is -2.45. The van der Waals surface area contributed by atoms with Crippen LogP contribution in [0.1, 0.15) is 12.8 Å². The molecule has 1 fully saturated rings. The number of rotatable bonds is 2. The van der Waals surface area contributed by atoms with Gasteiger partial charge in [-0.05, 0) is 12.1 Å². The van der Waals surface area contributed by atoms with E-state index < -0.39 is 10.8 Å². The molecule has 2 aliphatic heterocycles. The average molecular weight is 233 g/mol. The maximum absolute atomic E-state index is 12.2. The summed E-state index contributed by atoms with van der Waals surface area (Å²) in [4.78, 5) is 14.6. The largest absolute Gasteiger partial charge is 0.314 e. The lowest BCUT2D eigenvalue weighted by atomic mass is 10.0. The smallest absolute Gasteiger partial charge is 0.228 e. The van der Waals surface area contributed by atoms with Gasteiger partial charge in [0.2, 0.25) is 5.91 Å². The first-order valence-corrected chi connectivity index (χ1v) is 6.39. The van der Waals surface area contributed by atoms with Crippen LogP contribution < -0.4 is 0 Å². The Balaban J connectivity index is 1.85. The summed E-state index contributed by atoms with van der Waals surface area (Å²) in [5, 5.41) is 0. The minimum absolute atomic E-state index is 0.144. The molecule has 1 aromatic carbocycles. The Labute approximate surface area is 96.2 Å². The molecule has 0 N–H and O–H groups in total. The monoisotopic (exact) mass is 233 g/mol. The molecule has 0 radical (unpaired) electrons. The zero-order valence-corrected chi connectivity index (χ0v) is 9.44. The van der Waals surface area contributed by atoms with Crippen LogP contribution in [0.15, 0.2) is 46.3 Å². The standard InChI is InChI=1S/C12H11NO2S/c14-12-7-9-6-11(8-13(9)12)16(15)10-4-2-1-3-5-10/h1-5,8-9H,6-7H2/t9-,16?/m1/s1. The third-order valence-electron chi connectivity index (χ3n) is 3.01. The number of carbonyl (C=O) groups excluding carboxylic acids is 1. The van der Waals surface area contributed by atoms with E-state index in [9.17, 15) is 9.00 Å². The summed E-state index contributed by atoms with van der Waals surface area (Å²) in [6, 6.07) is 9.64. The van der Waals surface area contributed by atoms with Gasteiger partial charge in [-0.1, -0.05) is 18.2 Å². The van der Waals surface area contributed by atoms with Gasteiger partial charge in [0, 0.05) is 34.9 Å². The molecule has 2 heterocycles. The van der Waals surface area contributed by atoms with Gasteiger partial charge in [-0.2, -0.15) is 0 Å². The van der Waals surface area contributed by atoms with E-state index in [-0.39, 0.29) is 11.9 Å². The highest BCUT2D eigenvalue weighted by Gasteiger charge is 2.40. The summed E-state index contributed by atoms with van der Waals surface area (Å²) in [6.45, 7) is 0. The molecule has 0 spiro atoms. The third-order valence-corrected chi connectivity index (χ3v) is 4.46. The van der Waals surface area contributed by atoms with Crippen LogP contribution in [0, 0.1) is 0 Å². The molecular weight excluding hydrogens is 222 g/mol. The average Bonchev–Trinajstić information content (AvgIpc) is 2.67. The van der Waals surface area contributed by atoms with E-state index in [1.54, 1.807) is 11.1 Å². The van der Waals surface area contributed by atoms with E-state index in [1.165, 1.54) is 0 Å². The molecule has 82 valence electrons. The highest BCUT2D eigenvalue weighted by atomic mass is 32.2. The Morgan fingerprint density at radius 2 is 1.94 bits per heavy atom. The van der Waals surface area contributed by atoms with Crippen molar-refractivity contribution in [3.63, 3.8) is 0 Å². The Kier molecular flexibility index (Phi) is 2.17. The van der Waals surface area contributed by atoms with E-state index in [0.717, 1.165) is 16.2 Å². The minimum Gasteiger partial charge on any atom is -0.314 e. The molecule has 2 atom stereocenters. The lowest BCUT2D eigenvalue weighted by Gasteiger charge is -2.32. The number of benzene rings is 1. The lowest BCUT2D eigenvalue weighted by molar-refractivity contribution is -0.140. The third kappa shape index (κ3) is 1.41. The van der Waals surface area contributed by atoms with Crippen molar-refractivity contribution in [1.82, 2.24) is 4.90 Å². The van der Waals surface area contributed by atoms with Gasteiger partial charge < -0.3 is 4.90 Å². The van der Waals surface area contributed by atoms with Gasteiger partial charge in [0.05, 0.1) is 10.8 Å². The number of hydrogen-bond acceptors (Lipinski definition) is 2. The molecule has 0 saturated carbocycles. The van der Waals surface area contributed by atoms with Gasteiger partial charge in [0.15, 0.2) is 0 Å². The molecule has 0 aliphatic carbocycles. The molecule has 1 amide bonds. The quantitative estimate of drug-likeness (QED) is 0.728. The molecule has 0 aromatic heterocycles. The Hall–Kier alpha value is -1.42. The van der Waals surface area contributed by atoms with E-state index in [2.05, 4.69) is 0 Å². The second-order valence-corrected chi connectivity index (χ2v) is 5.57. The fraction of sp³-hybridized carbons (Fsp3) is 0.250. The van der Waals surface area contributed by atoms with Crippen molar-refractivity contribution < 1.29 is 9.00 Å². The molecule has 3 rings (SSSR count). The van der Waals surface area contributed by atoms with Gasteiger partial charge in [-0.25, -0.2) is 4.21 Å². The zero-order chi connectivity index (χ0) is 11.1. The van der Waals surface area contributed by atoms with Crippen molar-refractivity contribution in [2.45, 2.75) is 23.8 Å². The van der Waals surface area contributed by atoms with Crippen molar-refractivity contribution in [3.8, 4) is 0 Å². The molecule has 4 heteroatoms. The van der Waals surface area contributed by atoms with E-state index in [0.29, 0.717) is 6.42 Å². The highest BCUT2D eigenvalue weighted by Crippen LogP contribution is 2.35. The number of hydrogen-bond donors (Lipinski definition) is 0. The number of fused-ring (bicyclic) bond motifs is 1. The van der Waals surface area contributed by atoms with Crippen LogP contribution in [0.2, 0.25) is 0 Å². The first kappa shape index (κ1) is 9.78. The van der Waals surface area contributed by atoms with Crippen molar-refractivity contribution in [3.05, 3.63) is 41.4 Å². The first-order chi connectivity index (χ1) is 7.75. The molecule has 2 aliphatic rings. The molecule has 0 bridgehead atoms. The fourth-order valence-corrected chi connectivity index (χ4v) is 3.36. The van der Waals surface area contributed by atoms with E-state index >= 15 is 0 Å². The van der Waals surface area contributed by atoms with Crippen LogP contribution in [0.25, 0.3) is 0 Å². The van der Waals surface area contributed by atoms with Crippen LogP contribution >= 0.6 is 0 Å². The molecule has 1 aromatic rings. The predicted octanol–water partition coefficient (Wildman–Crippen LogP) is 1.64. The van der Waals surface area contributed by atoms with Crippen LogP contribution in [0.3, 0.4) is 0 Å². The number of β-lactam (4-membered cyclic amide) rings is 1. The van der Waals surface area contributed by atoms with Crippen LogP contribution in [-0.4, -0.2) is 21.1 Å². The van der Waals surface area contributed by atoms with Crippen LogP contribution in [0.4, 0.5) is 0 Å². The SMILES string of the molecule is O=C1C[C@H]2CC(S(=O)c3ccccc3)=CN12. The molecule has 1 unspecified atom stereocenters. The van der Waals surface area contributed by atoms with Gasteiger partial charge >= 0.3 is 0 Å². The number of nitrogens with zero attached hydrogens (tertiary/aromatic N) is 1. The second-order valence-electron chi connectivity index (χ2n) is 4.04. The van der Waals surface area contributed by atoms with Gasteiger partial charge in [-0.15, -0.1) is 0 Å². The van der Waals surface area contributed by atoms with Crippen molar-refractivity contribution >= 4 is 16.7 Å². The van der Waals surface area contributed by atoms with E-state index in [1.807, 2.05) is 30.3 Å². The maximum Gasteiger partial charge on any atom is 0.228 e. The number of carbonyl (C=O) groups is 1. The second kappa shape index (κ2) is 3.56. The maximum atomic E-state index is 12.2. The predicted molar refractivity (Wildman–Crippen MR) is 60.8 cm³/mol. The molecular formula is C12H11NO2S. The van der Waals surface area contributed by atoms with Gasteiger partial charge in [0.25, 0.3) is 0 Å². The molecule has 16 heavy (non-hydrogen) atoms. The topological polar surface area (TPSA) is 37.4 Å². The Morgan fingerprint density at radius 3 is 2.56 bits per heavy atom. The van der Waals surface area contributed by atoms with E-state index in [4.69, 9.17) is 0 Å². The highest BCUT2D eigenvalue weighted by molar-refractivity contribution is 7.89. The van der Waals surface area contributed by atoms with Crippen LogP contribution in [-0.2, 0) is 15.6 Å². The Bertz CT molecular complexity index is 495. The van der Waals surface area contributed by atoms with Crippen molar-refractivity contribution in [2.75, 3.05) is 0 Å². The molecule has 1 saturated heterocycles. The van der Waals surface area contributed by atoms with Gasteiger partial charge in [-0.3, -0.25) is 4.79 Å². The van der Waals surface area contributed by atoms with Crippen molar-refractivity contribution in [1.29, 1.82) is 0 Å². The fourth-order valence-electron chi connectivity index (χ4n) is 2.10. The normalized spacial score (nSPS) is 24.8. The van der Waals surface area contributed by atoms with Gasteiger partial charge in [0.1, 0.15) is 0 Å². The first-order valence-electron chi connectivity index (χ1n) is 5.24. The number of amides is 1. The summed E-state index contributed by atoms with van der Waals surface area (Å²) in [5.41, 5.74) is 0. The Morgan fingerprint density at radius 1 is 1.19 bits per heavy atom. The summed E-state index contributed by atoms with van der Waals surface area (Å²) in [7, 11) is -1.11. The zero-order valence-electron chi connectivity index (χ0n) is 8.63. The summed E-state index contributed by atoms with van der Waals surface area (Å²) >= 11 is 0. The summed E-state index contributed by atoms with van der Waals surface area (Å²) < 4.78 is 12.2. The minimum atomic E-state index is -1.11. The summed E-state index contributed by atoms with van der Waals surface area (Å²) in [5.74, 6) is 0.144. The molecule has 3 nitrogen and oxygen atoms in total.